The Hall–Kier alpha value is -1.46. The van der Waals surface area contributed by atoms with Crippen LogP contribution in [0.15, 0.2) is 18.2 Å². The molecule has 1 aromatic rings. The van der Waals surface area contributed by atoms with Crippen molar-refractivity contribution in [1.29, 1.82) is 0 Å². The molecule has 1 rings (SSSR count). The molecule has 0 aliphatic rings. The molecule has 5 heteroatoms. The van der Waals surface area contributed by atoms with Gasteiger partial charge in [-0.25, -0.2) is 0 Å². The Balaban J connectivity index is 2.63. The Morgan fingerprint density at radius 3 is 2.58 bits per heavy atom. The van der Waals surface area contributed by atoms with Crippen LogP contribution in [0.1, 0.15) is 17.8 Å². The second-order valence-electron chi connectivity index (χ2n) is 5.07. The normalized spacial score (nSPS) is 12.5. The van der Waals surface area contributed by atoms with Gasteiger partial charge in [-0.1, -0.05) is 6.07 Å². The maximum atomic E-state index is 11.8. The van der Waals surface area contributed by atoms with Crippen LogP contribution in [-0.4, -0.2) is 54.4 Å². The van der Waals surface area contributed by atoms with Crippen molar-refractivity contribution in [2.45, 2.75) is 25.9 Å². The van der Waals surface area contributed by atoms with E-state index in [0.717, 1.165) is 11.4 Å². The van der Waals surface area contributed by atoms with Gasteiger partial charge >= 0.3 is 0 Å². The first-order valence-corrected chi connectivity index (χ1v) is 6.47. The lowest BCUT2D eigenvalue weighted by Crippen LogP contribution is -2.41. The number of hydrogen-bond acceptors (Lipinski definition) is 4. The molecule has 19 heavy (non-hydrogen) atoms. The Morgan fingerprint density at radius 1 is 1.37 bits per heavy atom. The highest BCUT2D eigenvalue weighted by Crippen LogP contribution is 2.08. The van der Waals surface area contributed by atoms with Gasteiger partial charge < -0.3 is 10.6 Å². The number of nitrogens with zero attached hydrogens (tertiary/aromatic N) is 3. The van der Waals surface area contributed by atoms with Crippen molar-refractivity contribution in [2.75, 3.05) is 27.7 Å². The molecule has 1 unspecified atom stereocenters. The van der Waals surface area contributed by atoms with E-state index in [2.05, 4.69) is 9.88 Å². The Labute approximate surface area is 115 Å². The maximum Gasteiger partial charge on any atom is 0.223 e. The van der Waals surface area contributed by atoms with Crippen LogP contribution in [0, 0.1) is 6.92 Å². The van der Waals surface area contributed by atoms with Crippen LogP contribution in [-0.2, 0) is 11.3 Å². The lowest BCUT2D eigenvalue weighted by Gasteiger charge is -2.27. The number of nitrogens with two attached hydrogens (primary N) is 1. The highest BCUT2D eigenvalue weighted by molar-refractivity contribution is 5.76. The first-order chi connectivity index (χ1) is 8.93. The number of hydrogen-bond donors (Lipinski definition) is 1. The SMILES string of the molecule is Cc1cccc(CN(C)C(CN)CC(=O)N(C)C)n1. The Bertz CT molecular complexity index is 420. The third kappa shape index (κ3) is 4.96. The zero-order valence-electron chi connectivity index (χ0n) is 12.3. The standard InChI is InChI=1S/C14H24N4O/c1-11-6-5-7-12(16-11)10-18(4)13(9-15)8-14(19)17(2)3/h5-7,13H,8-10,15H2,1-4H3. The molecule has 106 valence electrons. The fourth-order valence-corrected chi connectivity index (χ4v) is 1.88. The van der Waals surface area contributed by atoms with Gasteiger partial charge in [0.2, 0.25) is 5.91 Å². The molecule has 0 spiro atoms. The van der Waals surface area contributed by atoms with Crippen LogP contribution in [0.5, 0.6) is 0 Å². The number of pyridine rings is 1. The number of likely N-dealkylation sites (N-methyl/N-ethyl adjacent to an activating group) is 1. The first kappa shape index (κ1) is 15.6. The molecule has 1 atom stereocenters. The van der Waals surface area contributed by atoms with Crippen LogP contribution in [0.3, 0.4) is 0 Å². The van der Waals surface area contributed by atoms with Gasteiger partial charge in [-0.2, -0.15) is 0 Å². The quantitative estimate of drug-likeness (QED) is 0.818. The minimum absolute atomic E-state index is 0.0391. The van der Waals surface area contributed by atoms with E-state index in [-0.39, 0.29) is 11.9 Å². The van der Waals surface area contributed by atoms with Gasteiger partial charge in [0.05, 0.1) is 5.69 Å². The van der Waals surface area contributed by atoms with Crippen molar-refractivity contribution < 1.29 is 4.79 Å². The summed E-state index contributed by atoms with van der Waals surface area (Å²) in [5.74, 6) is 0.0968. The summed E-state index contributed by atoms with van der Waals surface area (Å²) in [6.45, 7) is 3.13. The molecule has 2 N–H and O–H groups in total. The lowest BCUT2D eigenvalue weighted by atomic mass is 10.1. The molecular weight excluding hydrogens is 240 g/mol. The molecule has 0 aliphatic carbocycles. The van der Waals surface area contributed by atoms with Crippen molar-refractivity contribution in [2.24, 2.45) is 5.73 Å². The van der Waals surface area contributed by atoms with Crippen LogP contribution >= 0.6 is 0 Å². The summed E-state index contributed by atoms with van der Waals surface area (Å²) in [7, 11) is 5.50. The van der Waals surface area contributed by atoms with Crippen molar-refractivity contribution in [1.82, 2.24) is 14.8 Å². The lowest BCUT2D eigenvalue weighted by molar-refractivity contribution is -0.129. The third-order valence-corrected chi connectivity index (χ3v) is 3.16. The minimum atomic E-state index is 0.0391. The van der Waals surface area contributed by atoms with Gasteiger partial charge in [0.25, 0.3) is 0 Å². The second kappa shape index (κ2) is 7.21. The van der Waals surface area contributed by atoms with Gasteiger partial charge in [-0.05, 0) is 26.1 Å². The number of carbonyl (C=O) groups excluding carboxylic acids is 1. The highest BCUT2D eigenvalue weighted by Gasteiger charge is 2.18. The van der Waals surface area contributed by atoms with E-state index in [1.54, 1.807) is 19.0 Å². The molecule has 0 aliphatic heterocycles. The van der Waals surface area contributed by atoms with Crippen LogP contribution in [0.2, 0.25) is 0 Å². The van der Waals surface area contributed by atoms with Gasteiger partial charge in [-0.3, -0.25) is 14.7 Å². The summed E-state index contributed by atoms with van der Waals surface area (Å²) < 4.78 is 0. The smallest absolute Gasteiger partial charge is 0.223 e. The van der Waals surface area contributed by atoms with Crippen LogP contribution in [0.25, 0.3) is 0 Å². The Morgan fingerprint density at radius 2 is 2.05 bits per heavy atom. The molecule has 1 heterocycles. The molecule has 5 nitrogen and oxygen atoms in total. The number of carbonyl (C=O) groups is 1. The molecule has 0 aromatic carbocycles. The molecule has 0 saturated heterocycles. The average Bonchev–Trinajstić information content (AvgIpc) is 2.35. The van der Waals surface area contributed by atoms with E-state index >= 15 is 0 Å². The fourth-order valence-electron chi connectivity index (χ4n) is 1.88. The topological polar surface area (TPSA) is 62.5 Å². The van der Waals surface area contributed by atoms with Gasteiger partial charge in [0.15, 0.2) is 0 Å². The molecule has 1 amide bonds. The predicted octanol–water partition coefficient (Wildman–Crippen LogP) is 0.627. The summed E-state index contributed by atoms with van der Waals surface area (Å²) in [4.78, 5) is 19.9. The predicted molar refractivity (Wildman–Crippen MR) is 76.6 cm³/mol. The van der Waals surface area contributed by atoms with E-state index in [9.17, 15) is 4.79 Å². The summed E-state index contributed by atoms with van der Waals surface area (Å²) in [6.07, 6.45) is 0.436. The molecule has 0 saturated carbocycles. The highest BCUT2D eigenvalue weighted by atomic mass is 16.2. The molecule has 1 aromatic heterocycles. The van der Waals surface area contributed by atoms with Crippen molar-refractivity contribution >= 4 is 5.91 Å². The average molecular weight is 264 g/mol. The van der Waals surface area contributed by atoms with E-state index in [0.29, 0.717) is 19.5 Å². The number of rotatable bonds is 6. The zero-order valence-corrected chi connectivity index (χ0v) is 12.3. The molecule has 0 fully saturated rings. The van der Waals surface area contributed by atoms with Crippen molar-refractivity contribution in [3.63, 3.8) is 0 Å². The molecular formula is C14H24N4O. The fraction of sp³-hybridized carbons (Fsp3) is 0.571. The van der Waals surface area contributed by atoms with Gasteiger partial charge in [0.1, 0.15) is 0 Å². The third-order valence-electron chi connectivity index (χ3n) is 3.16. The number of aromatic nitrogens is 1. The first-order valence-electron chi connectivity index (χ1n) is 6.47. The summed E-state index contributed by atoms with van der Waals surface area (Å²) in [5, 5.41) is 0. The van der Waals surface area contributed by atoms with Gasteiger partial charge in [-0.15, -0.1) is 0 Å². The molecule has 0 bridgehead atoms. The monoisotopic (exact) mass is 264 g/mol. The van der Waals surface area contributed by atoms with E-state index in [1.165, 1.54) is 0 Å². The summed E-state index contributed by atoms with van der Waals surface area (Å²) in [5.41, 5.74) is 7.77. The summed E-state index contributed by atoms with van der Waals surface area (Å²) >= 11 is 0. The van der Waals surface area contributed by atoms with Crippen LogP contribution < -0.4 is 5.73 Å². The zero-order chi connectivity index (χ0) is 14.4. The van der Waals surface area contributed by atoms with Gasteiger partial charge in [0, 0.05) is 45.3 Å². The largest absolute Gasteiger partial charge is 0.349 e. The molecule has 0 radical (unpaired) electrons. The Kier molecular flexibility index (Phi) is 5.92. The summed E-state index contributed by atoms with van der Waals surface area (Å²) in [6, 6.07) is 6.00. The van der Waals surface area contributed by atoms with Crippen molar-refractivity contribution in [3.8, 4) is 0 Å². The minimum Gasteiger partial charge on any atom is -0.349 e. The van der Waals surface area contributed by atoms with E-state index < -0.39 is 0 Å². The second-order valence-corrected chi connectivity index (χ2v) is 5.07. The van der Waals surface area contributed by atoms with Crippen LogP contribution in [0.4, 0.5) is 0 Å². The van der Waals surface area contributed by atoms with Crippen molar-refractivity contribution in [3.05, 3.63) is 29.6 Å². The number of aryl methyl sites for hydroxylation is 1. The van der Waals surface area contributed by atoms with E-state index in [4.69, 9.17) is 5.73 Å². The maximum absolute atomic E-state index is 11.8. The number of amides is 1. The van der Waals surface area contributed by atoms with E-state index in [1.807, 2.05) is 32.2 Å².